The number of hydrogen-bond donors (Lipinski definition) is 1. The number of halogens is 1. The lowest BCUT2D eigenvalue weighted by Crippen LogP contribution is -1.98. The van der Waals surface area contributed by atoms with Crippen LogP contribution in [0.5, 0.6) is 0 Å². The van der Waals surface area contributed by atoms with Crippen molar-refractivity contribution in [3.05, 3.63) is 29.8 Å². The molecule has 3 nitrogen and oxygen atoms in total. The van der Waals surface area contributed by atoms with Crippen molar-refractivity contribution in [2.24, 2.45) is 0 Å². The first-order valence-electron chi connectivity index (χ1n) is 6.66. The molecule has 0 aliphatic heterocycles. The molecule has 5 heteroatoms. The summed E-state index contributed by atoms with van der Waals surface area (Å²) in [7, 11) is -4.07. The van der Waals surface area contributed by atoms with Crippen molar-refractivity contribution in [2.75, 3.05) is 5.88 Å². The highest BCUT2D eigenvalue weighted by Gasteiger charge is 2.07. The quantitative estimate of drug-likeness (QED) is 0.425. The summed E-state index contributed by atoms with van der Waals surface area (Å²) in [6.45, 7) is 0. The molecule has 0 bridgehead atoms. The van der Waals surface area contributed by atoms with Crippen molar-refractivity contribution in [1.29, 1.82) is 0 Å². The van der Waals surface area contributed by atoms with Crippen LogP contribution in [0.2, 0.25) is 0 Å². The number of hydrogen-bond acceptors (Lipinski definition) is 2. The fraction of sp³-hybridized carbons (Fsp3) is 0.571. The number of alkyl halides is 1. The van der Waals surface area contributed by atoms with Gasteiger partial charge in [0.15, 0.2) is 0 Å². The van der Waals surface area contributed by atoms with Gasteiger partial charge in [0, 0.05) is 5.88 Å². The Balaban J connectivity index is 2.23. The van der Waals surface area contributed by atoms with Gasteiger partial charge in [-0.2, -0.15) is 8.42 Å². The minimum atomic E-state index is -4.07. The maximum Gasteiger partial charge on any atom is 0.294 e. The second kappa shape index (κ2) is 8.56. The molecule has 0 unspecified atom stereocenters. The third kappa shape index (κ3) is 6.95. The Kier molecular flexibility index (Phi) is 7.42. The lowest BCUT2D eigenvalue weighted by molar-refractivity contribution is 0.483. The van der Waals surface area contributed by atoms with E-state index in [9.17, 15) is 8.42 Å². The van der Waals surface area contributed by atoms with Crippen LogP contribution in [0.15, 0.2) is 29.2 Å². The van der Waals surface area contributed by atoms with E-state index >= 15 is 0 Å². The Labute approximate surface area is 120 Å². The molecule has 0 spiro atoms. The van der Waals surface area contributed by atoms with Crippen molar-refractivity contribution in [3.63, 3.8) is 0 Å². The summed E-state index contributed by atoms with van der Waals surface area (Å²) in [6, 6.07) is 6.42. The molecule has 0 amide bonds. The lowest BCUT2D eigenvalue weighted by Gasteiger charge is -2.03. The Morgan fingerprint density at radius 1 is 0.895 bits per heavy atom. The van der Waals surface area contributed by atoms with E-state index in [-0.39, 0.29) is 4.90 Å². The highest BCUT2D eigenvalue weighted by Crippen LogP contribution is 2.13. The van der Waals surface area contributed by atoms with Crippen molar-refractivity contribution in [2.45, 2.75) is 49.8 Å². The predicted octanol–water partition coefficient (Wildman–Crippen LogP) is 4.06. The largest absolute Gasteiger partial charge is 0.294 e. The van der Waals surface area contributed by atoms with Crippen LogP contribution < -0.4 is 0 Å². The third-order valence-corrected chi connectivity index (χ3v) is 4.21. The molecule has 0 aliphatic rings. The van der Waals surface area contributed by atoms with Gasteiger partial charge >= 0.3 is 0 Å². The van der Waals surface area contributed by atoms with Crippen LogP contribution in [0.1, 0.15) is 44.1 Å². The lowest BCUT2D eigenvalue weighted by atomic mass is 10.1. The Morgan fingerprint density at radius 2 is 1.42 bits per heavy atom. The van der Waals surface area contributed by atoms with Crippen LogP contribution in [-0.2, 0) is 16.5 Å². The van der Waals surface area contributed by atoms with Crippen LogP contribution in [-0.4, -0.2) is 18.9 Å². The fourth-order valence-corrected chi connectivity index (χ4v) is 2.63. The number of benzene rings is 1. The summed E-state index contributed by atoms with van der Waals surface area (Å²) in [5.74, 6) is 0.750. The summed E-state index contributed by atoms with van der Waals surface area (Å²) in [6.07, 6.45) is 7.98. The van der Waals surface area contributed by atoms with Gasteiger partial charge in [-0.15, -0.1) is 11.6 Å². The van der Waals surface area contributed by atoms with Crippen LogP contribution in [0.3, 0.4) is 0 Å². The van der Waals surface area contributed by atoms with E-state index in [4.69, 9.17) is 16.2 Å². The smallest absolute Gasteiger partial charge is 0.282 e. The molecule has 1 N–H and O–H groups in total. The average molecular weight is 305 g/mol. The highest BCUT2D eigenvalue weighted by atomic mass is 35.5. The first-order chi connectivity index (χ1) is 9.04. The fourth-order valence-electron chi connectivity index (χ4n) is 1.96. The predicted molar refractivity (Wildman–Crippen MR) is 78.4 cm³/mol. The van der Waals surface area contributed by atoms with Gasteiger partial charge in [0.1, 0.15) is 0 Å². The third-order valence-electron chi connectivity index (χ3n) is 3.07. The monoisotopic (exact) mass is 304 g/mol. The highest BCUT2D eigenvalue weighted by molar-refractivity contribution is 7.85. The van der Waals surface area contributed by atoms with Gasteiger partial charge in [0.05, 0.1) is 4.90 Å². The minimum absolute atomic E-state index is 0.0441. The first-order valence-corrected chi connectivity index (χ1v) is 8.64. The molecule has 0 saturated heterocycles. The van der Waals surface area contributed by atoms with Gasteiger partial charge in [-0.05, 0) is 37.0 Å². The van der Waals surface area contributed by atoms with Gasteiger partial charge in [-0.3, -0.25) is 4.55 Å². The molecule has 108 valence electrons. The van der Waals surface area contributed by atoms with E-state index in [1.165, 1.54) is 37.8 Å². The van der Waals surface area contributed by atoms with E-state index in [1.54, 1.807) is 12.1 Å². The van der Waals surface area contributed by atoms with Crippen LogP contribution in [0, 0.1) is 0 Å². The van der Waals surface area contributed by atoms with E-state index < -0.39 is 10.1 Å². The molecule has 0 atom stereocenters. The number of aryl methyl sites for hydroxylation is 1. The van der Waals surface area contributed by atoms with Crippen molar-refractivity contribution in [3.8, 4) is 0 Å². The van der Waals surface area contributed by atoms with Gasteiger partial charge in [-0.1, -0.05) is 37.8 Å². The Morgan fingerprint density at radius 3 is 1.95 bits per heavy atom. The summed E-state index contributed by atoms with van der Waals surface area (Å²) in [4.78, 5) is -0.0441. The van der Waals surface area contributed by atoms with E-state index in [0.29, 0.717) is 0 Å². The van der Waals surface area contributed by atoms with Gasteiger partial charge in [-0.25, -0.2) is 0 Å². The SMILES string of the molecule is O=S(=O)(O)c1ccc(CCCCCCCCCl)cc1. The van der Waals surface area contributed by atoms with Gasteiger partial charge in [0.2, 0.25) is 0 Å². The van der Waals surface area contributed by atoms with Crippen LogP contribution in [0.25, 0.3) is 0 Å². The van der Waals surface area contributed by atoms with Gasteiger partial charge < -0.3 is 0 Å². The molecular weight excluding hydrogens is 284 g/mol. The second-order valence-electron chi connectivity index (χ2n) is 4.68. The second-order valence-corrected chi connectivity index (χ2v) is 6.48. The molecule has 19 heavy (non-hydrogen) atoms. The Bertz CT molecular complexity index is 454. The molecule has 0 saturated carbocycles. The molecule has 0 radical (unpaired) electrons. The molecule has 1 aromatic rings. The molecule has 0 fully saturated rings. The van der Waals surface area contributed by atoms with Crippen LogP contribution in [0.4, 0.5) is 0 Å². The number of unbranched alkanes of at least 4 members (excludes halogenated alkanes) is 5. The molecule has 0 heterocycles. The van der Waals surface area contributed by atoms with Crippen molar-refractivity contribution < 1.29 is 13.0 Å². The van der Waals surface area contributed by atoms with E-state index in [2.05, 4.69) is 0 Å². The summed E-state index contributed by atoms with van der Waals surface area (Å²) < 4.78 is 30.6. The first kappa shape index (κ1) is 16.5. The maximum atomic E-state index is 10.9. The van der Waals surface area contributed by atoms with E-state index in [1.807, 2.05) is 0 Å². The Hall–Kier alpha value is -0.580. The molecule has 1 rings (SSSR count). The molecule has 1 aromatic carbocycles. The van der Waals surface area contributed by atoms with E-state index in [0.717, 1.165) is 30.7 Å². The normalized spacial score (nSPS) is 11.7. The maximum absolute atomic E-state index is 10.9. The zero-order chi connectivity index (χ0) is 14.1. The standard InChI is InChI=1S/C14H21ClO3S/c15-12-6-4-2-1-3-5-7-13-8-10-14(11-9-13)19(16,17)18/h8-11H,1-7,12H2,(H,16,17,18). The molecule has 0 aliphatic carbocycles. The summed E-state index contributed by atoms with van der Waals surface area (Å²) >= 11 is 5.61. The zero-order valence-corrected chi connectivity index (χ0v) is 12.6. The van der Waals surface area contributed by atoms with Crippen molar-refractivity contribution in [1.82, 2.24) is 0 Å². The van der Waals surface area contributed by atoms with Gasteiger partial charge in [0.25, 0.3) is 10.1 Å². The number of rotatable bonds is 9. The molecule has 0 aromatic heterocycles. The summed E-state index contributed by atoms with van der Waals surface area (Å²) in [5, 5.41) is 0. The van der Waals surface area contributed by atoms with Crippen molar-refractivity contribution >= 4 is 21.7 Å². The summed E-state index contributed by atoms with van der Waals surface area (Å²) in [5.41, 5.74) is 1.10. The zero-order valence-electron chi connectivity index (χ0n) is 11.0. The minimum Gasteiger partial charge on any atom is -0.282 e. The average Bonchev–Trinajstić information content (AvgIpc) is 2.37. The topological polar surface area (TPSA) is 54.4 Å². The van der Waals surface area contributed by atoms with Crippen LogP contribution >= 0.6 is 11.6 Å². The molecular formula is C14H21ClO3S.